The average molecular weight is 369 g/mol. The molecule has 0 radical (unpaired) electrons. The number of oxime groups is 1. The predicted molar refractivity (Wildman–Crippen MR) is 86.1 cm³/mol. The van der Waals surface area contributed by atoms with Crippen LogP contribution in [0, 0.1) is 0 Å². The van der Waals surface area contributed by atoms with E-state index in [-0.39, 0.29) is 11.7 Å². The minimum atomic E-state index is -0.328. The summed E-state index contributed by atoms with van der Waals surface area (Å²) in [4.78, 5) is 12.2. The van der Waals surface area contributed by atoms with Crippen LogP contribution in [0.25, 0.3) is 0 Å². The number of nitrogens with zero attached hydrogens (tertiary/aromatic N) is 1. The highest BCUT2D eigenvalue weighted by Gasteiger charge is 2.11. The van der Waals surface area contributed by atoms with Gasteiger partial charge in [0, 0.05) is 11.1 Å². The quantitative estimate of drug-likeness (QED) is 0.335. The molecule has 2 rings (SSSR count). The third kappa shape index (κ3) is 3.53. The van der Waals surface area contributed by atoms with Gasteiger partial charge in [-0.05, 0) is 40.2 Å². The molecule has 0 saturated heterocycles. The van der Waals surface area contributed by atoms with Crippen molar-refractivity contribution < 1.29 is 10.0 Å². The second-order valence-corrected chi connectivity index (χ2v) is 5.32. The molecule has 2 aromatic carbocycles. The summed E-state index contributed by atoms with van der Waals surface area (Å²) in [6.07, 6.45) is 0. The second kappa shape index (κ2) is 6.60. The number of nitrogens with one attached hydrogen (secondary N) is 1. The van der Waals surface area contributed by atoms with Gasteiger partial charge in [-0.1, -0.05) is 35.0 Å². The molecule has 0 bridgehead atoms. The van der Waals surface area contributed by atoms with Gasteiger partial charge in [-0.25, -0.2) is 0 Å². The van der Waals surface area contributed by atoms with E-state index in [0.717, 1.165) is 0 Å². The molecule has 0 aliphatic carbocycles. The van der Waals surface area contributed by atoms with E-state index >= 15 is 0 Å². The maximum Gasteiger partial charge on any atom is 0.255 e. The van der Waals surface area contributed by atoms with Gasteiger partial charge in [-0.15, -0.1) is 0 Å². The number of rotatable bonds is 3. The molecular weight excluding hydrogens is 358 g/mol. The Morgan fingerprint density at radius 2 is 1.90 bits per heavy atom. The minimum absolute atomic E-state index is 0.0615. The Kier molecular flexibility index (Phi) is 4.82. The zero-order valence-corrected chi connectivity index (χ0v) is 13.0. The van der Waals surface area contributed by atoms with E-state index in [1.54, 1.807) is 36.4 Å². The molecule has 0 heterocycles. The van der Waals surface area contributed by atoms with Gasteiger partial charge in [0.1, 0.15) is 0 Å². The number of carbonyl (C=O) groups excluding carboxylic acids is 1. The number of anilines is 1. The number of nitrogens with two attached hydrogens (primary N) is 1. The SMILES string of the molecule is N/C(=N/O)c1cccc(C(=O)Nc2cccc(Cl)c2Br)c1. The van der Waals surface area contributed by atoms with Crippen LogP contribution < -0.4 is 11.1 Å². The molecule has 1 amide bonds. The lowest BCUT2D eigenvalue weighted by molar-refractivity contribution is 0.102. The predicted octanol–water partition coefficient (Wildman–Crippen LogP) is 3.45. The molecule has 5 nitrogen and oxygen atoms in total. The van der Waals surface area contributed by atoms with Crippen LogP contribution in [0.1, 0.15) is 15.9 Å². The van der Waals surface area contributed by atoms with Crippen LogP contribution in [0.4, 0.5) is 5.69 Å². The van der Waals surface area contributed by atoms with Gasteiger partial charge in [-0.2, -0.15) is 0 Å². The third-order valence-electron chi connectivity index (χ3n) is 2.73. The first-order valence-corrected chi connectivity index (χ1v) is 7.03. The van der Waals surface area contributed by atoms with Gasteiger partial charge < -0.3 is 16.3 Å². The van der Waals surface area contributed by atoms with Crippen molar-refractivity contribution in [3.63, 3.8) is 0 Å². The highest BCUT2D eigenvalue weighted by molar-refractivity contribution is 9.10. The van der Waals surface area contributed by atoms with Crippen molar-refractivity contribution in [3.05, 3.63) is 63.1 Å². The monoisotopic (exact) mass is 367 g/mol. The Balaban J connectivity index is 2.27. The molecule has 0 spiro atoms. The van der Waals surface area contributed by atoms with Gasteiger partial charge in [0.05, 0.1) is 15.2 Å². The molecule has 7 heteroatoms. The molecular formula is C14H11BrClN3O2. The van der Waals surface area contributed by atoms with Crippen molar-refractivity contribution in [2.45, 2.75) is 0 Å². The van der Waals surface area contributed by atoms with Gasteiger partial charge >= 0.3 is 0 Å². The molecule has 0 aromatic heterocycles. The number of amides is 1. The van der Waals surface area contributed by atoms with Crippen molar-refractivity contribution in [3.8, 4) is 0 Å². The summed E-state index contributed by atoms with van der Waals surface area (Å²) in [5.41, 5.74) is 6.89. The first kappa shape index (κ1) is 15.3. The van der Waals surface area contributed by atoms with Gasteiger partial charge in [0.15, 0.2) is 5.84 Å². The normalized spacial score (nSPS) is 11.2. The second-order valence-electron chi connectivity index (χ2n) is 4.12. The average Bonchev–Trinajstić information content (AvgIpc) is 2.51. The van der Waals surface area contributed by atoms with Crippen LogP contribution in [0.3, 0.4) is 0 Å². The Labute approximate surface area is 134 Å². The van der Waals surface area contributed by atoms with Crippen molar-refractivity contribution in [2.24, 2.45) is 10.9 Å². The Morgan fingerprint density at radius 1 is 1.24 bits per heavy atom. The first-order valence-electron chi connectivity index (χ1n) is 5.86. The number of carbonyl (C=O) groups is 1. The number of hydrogen-bond donors (Lipinski definition) is 3. The van der Waals surface area contributed by atoms with E-state index < -0.39 is 0 Å². The fourth-order valence-electron chi connectivity index (χ4n) is 1.67. The van der Waals surface area contributed by atoms with Crippen LogP contribution in [-0.2, 0) is 0 Å². The molecule has 0 fully saturated rings. The maximum absolute atomic E-state index is 12.2. The maximum atomic E-state index is 12.2. The molecule has 108 valence electrons. The van der Waals surface area contributed by atoms with Crippen molar-refractivity contribution in [1.29, 1.82) is 0 Å². The zero-order chi connectivity index (χ0) is 15.4. The summed E-state index contributed by atoms with van der Waals surface area (Å²) < 4.78 is 0.604. The van der Waals surface area contributed by atoms with Crippen LogP contribution in [0.15, 0.2) is 52.1 Å². The molecule has 2 aromatic rings. The topological polar surface area (TPSA) is 87.7 Å². The summed E-state index contributed by atoms with van der Waals surface area (Å²) in [5, 5.41) is 14.8. The summed E-state index contributed by atoms with van der Waals surface area (Å²) in [6, 6.07) is 11.6. The summed E-state index contributed by atoms with van der Waals surface area (Å²) in [5.74, 6) is -0.390. The van der Waals surface area contributed by atoms with E-state index in [4.69, 9.17) is 22.5 Å². The standard InChI is InChI=1S/C14H11BrClN3O2/c15-12-10(16)5-2-6-11(12)18-14(20)9-4-1-3-8(7-9)13(17)19-21/h1-7,21H,(H2,17,19)(H,18,20). The van der Waals surface area contributed by atoms with E-state index in [2.05, 4.69) is 26.4 Å². The Morgan fingerprint density at radius 3 is 2.62 bits per heavy atom. The van der Waals surface area contributed by atoms with Crippen molar-refractivity contribution >= 4 is 45.0 Å². The smallest absolute Gasteiger partial charge is 0.255 e. The van der Waals surface area contributed by atoms with E-state index in [0.29, 0.717) is 26.3 Å². The van der Waals surface area contributed by atoms with Gasteiger partial charge in [0.25, 0.3) is 5.91 Å². The summed E-state index contributed by atoms with van der Waals surface area (Å²) in [7, 11) is 0. The van der Waals surface area contributed by atoms with Gasteiger partial charge in [0.2, 0.25) is 0 Å². The molecule has 21 heavy (non-hydrogen) atoms. The molecule has 4 N–H and O–H groups in total. The number of amidine groups is 1. The number of benzene rings is 2. The van der Waals surface area contributed by atoms with Crippen LogP contribution in [0.2, 0.25) is 5.02 Å². The van der Waals surface area contributed by atoms with E-state index in [9.17, 15) is 4.79 Å². The third-order valence-corrected chi connectivity index (χ3v) is 4.13. The molecule has 0 atom stereocenters. The van der Waals surface area contributed by atoms with Gasteiger partial charge in [-0.3, -0.25) is 4.79 Å². The summed E-state index contributed by atoms with van der Waals surface area (Å²) in [6.45, 7) is 0. The lowest BCUT2D eigenvalue weighted by atomic mass is 10.1. The van der Waals surface area contributed by atoms with Crippen molar-refractivity contribution in [1.82, 2.24) is 0 Å². The number of halogens is 2. The van der Waals surface area contributed by atoms with E-state index in [1.807, 2.05) is 0 Å². The van der Waals surface area contributed by atoms with Crippen LogP contribution >= 0.6 is 27.5 Å². The molecule has 0 unspecified atom stereocenters. The van der Waals surface area contributed by atoms with E-state index in [1.165, 1.54) is 6.07 Å². The summed E-state index contributed by atoms with van der Waals surface area (Å²) >= 11 is 9.28. The minimum Gasteiger partial charge on any atom is -0.409 e. The fourth-order valence-corrected chi connectivity index (χ4v) is 2.21. The highest BCUT2D eigenvalue weighted by atomic mass is 79.9. The Bertz CT molecular complexity index is 719. The van der Waals surface area contributed by atoms with Crippen LogP contribution in [-0.4, -0.2) is 17.0 Å². The molecule has 0 saturated carbocycles. The molecule has 0 aliphatic rings. The lowest BCUT2D eigenvalue weighted by Gasteiger charge is -2.09. The number of hydrogen-bond acceptors (Lipinski definition) is 3. The Hall–Kier alpha value is -2.05. The molecule has 0 aliphatic heterocycles. The van der Waals surface area contributed by atoms with Crippen molar-refractivity contribution in [2.75, 3.05) is 5.32 Å². The first-order chi connectivity index (χ1) is 10.0. The largest absolute Gasteiger partial charge is 0.409 e. The zero-order valence-electron chi connectivity index (χ0n) is 10.7. The van der Waals surface area contributed by atoms with Crippen LogP contribution in [0.5, 0.6) is 0 Å². The lowest BCUT2D eigenvalue weighted by Crippen LogP contribution is -2.16. The highest BCUT2D eigenvalue weighted by Crippen LogP contribution is 2.30. The fraction of sp³-hybridized carbons (Fsp3) is 0.